The molecule has 1 aliphatic heterocycles. The first kappa shape index (κ1) is 18.1. The summed E-state index contributed by atoms with van der Waals surface area (Å²) in [6.45, 7) is 0.0909. The first-order chi connectivity index (χ1) is 12.9. The monoisotopic (exact) mass is 368 g/mol. The van der Waals surface area contributed by atoms with Crippen LogP contribution >= 0.6 is 0 Å². The normalized spacial score (nSPS) is 12.8. The Bertz CT molecular complexity index is 1020. The van der Waals surface area contributed by atoms with E-state index in [1.54, 1.807) is 30.2 Å². The number of anilines is 1. The molecule has 9 nitrogen and oxygen atoms in total. The molecule has 0 spiro atoms. The van der Waals surface area contributed by atoms with E-state index in [-0.39, 0.29) is 18.0 Å². The standard InChI is InChI=1S/C18H16N4O5/c1-27-15-4-5-16-12(8-15)3-2-6-21(16)17(23)11-20-10-14(22(25)26)7-13(9-19)18(20)24/h4-5,7-8,10H,2-3,6,11H2,1H3. The van der Waals surface area contributed by atoms with Crippen LogP contribution < -0.4 is 15.2 Å². The molecule has 27 heavy (non-hydrogen) atoms. The first-order valence-corrected chi connectivity index (χ1v) is 8.21. The molecule has 1 aromatic heterocycles. The van der Waals surface area contributed by atoms with E-state index in [9.17, 15) is 19.7 Å². The molecular weight excluding hydrogens is 352 g/mol. The molecule has 1 amide bonds. The van der Waals surface area contributed by atoms with Crippen LogP contribution in [-0.4, -0.2) is 29.1 Å². The minimum absolute atomic E-state index is 0.374. The number of carbonyl (C=O) groups excluding carboxylic acids is 1. The number of fused-ring (bicyclic) bond motifs is 1. The van der Waals surface area contributed by atoms with E-state index in [0.717, 1.165) is 40.9 Å². The van der Waals surface area contributed by atoms with Crippen LogP contribution in [0, 0.1) is 21.4 Å². The molecule has 2 heterocycles. The smallest absolute Gasteiger partial charge is 0.287 e. The van der Waals surface area contributed by atoms with Crippen molar-refractivity contribution >= 4 is 17.3 Å². The van der Waals surface area contributed by atoms with Crippen LogP contribution in [0.3, 0.4) is 0 Å². The summed E-state index contributed by atoms with van der Waals surface area (Å²) in [6, 6.07) is 7.93. The van der Waals surface area contributed by atoms with Gasteiger partial charge in [0.1, 0.15) is 23.9 Å². The third-order valence-electron chi connectivity index (χ3n) is 4.41. The van der Waals surface area contributed by atoms with E-state index in [4.69, 9.17) is 10.00 Å². The number of aryl methyl sites for hydroxylation is 1. The Kier molecular flexibility index (Phi) is 4.90. The second kappa shape index (κ2) is 7.29. The molecule has 0 atom stereocenters. The van der Waals surface area contributed by atoms with E-state index in [2.05, 4.69) is 0 Å². The maximum Gasteiger partial charge on any atom is 0.287 e. The minimum Gasteiger partial charge on any atom is -0.497 e. The predicted octanol–water partition coefficient (Wildman–Crippen LogP) is 1.62. The fourth-order valence-electron chi connectivity index (χ4n) is 3.11. The highest BCUT2D eigenvalue weighted by atomic mass is 16.6. The highest BCUT2D eigenvalue weighted by Gasteiger charge is 2.24. The van der Waals surface area contributed by atoms with Crippen molar-refractivity contribution in [3.8, 4) is 11.8 Å². The Labute approximate surface area is 154 Å². The number of hydrogen-bond acceptors (Lipinski definition) is 6. The van der Waals surface area contributed by atoms with Gasteiger partial charge in [0.05, 0.1) is 18.2 Å². The Morgan fingerprint density at radius 3 is 2.85 bits per heavy atom. The molecule has 3 rings (SSSR count). The summed E-state index contributed by atoms with van der Waals surface area (Å²) in [5, 5.41) is 20.0. The van der Waals surface area contributed by atoms with Gasteiger partial charge in [-0.2, -0.15) is 5.26 Å². The number of amides is 1. The lowest BCUT2D eigenvalue weighted by molar-refractivity contribution is -0.385. The van der Waals surface area contributed by atoms with Gasteiger partial charge in [-0.05, 0) is 36.6 Å². The van der Waals surface area contributed by atoms with Gasteiger partial charge in [-0.1, -0.05) is 0 Å². The van der Waals surface area contributed by atoms with Gasteiger partial charge in [-0.15, -0.1) is 0 Å². The average Bonchev–Trinajstić information content (AvgIpc) is 2.68. The summed E-state index contributed by atoms with van der Waals surface area (Å²) >= 11 is 0. The van der Waals surface area contributed by atoms with Gasteiger partial charge in [-0.3, -0.25) is 24.3 Å². The third-order valence-corrected chi connectivity index (χ3v) is 4.41. The van der Waals surface area contributed by atoms with Crippen LogP contribution in [0.25, 0.3) is 0 Å². The van der Waals surface area contributed by atoms with Crippen LogP contribution in [0.5, 0.6) is 5.75 Å². The van der Waals surface area contributed by atoms with Gasteiger partial charge < -0.3 is 9.64 Å². The number of ether oxygens (including phenoxy) is 1. The molecule has 0 saturated carbocycles. The summed E-state index contributed by atoms with van der Waals surface area (Å²) in [5.74, 6) is 0.309. The van der Waals surface area contributed by atoms with Crippen LogP contribution in [-0.2, 0) is 17.8 Å². The van der Waals surface area contributed by atoms with Gasteiger partial charge in [0.15, 0.2) is 0 Å². The molecule has 0 unspecified atom stereocenters. The molecule has 1 aromatic carbocycles. The summed E-state index contributed by atoms with van der Waals surface area (Å²) in [7, 11) is 1.56. The van der Waals surface area contributed by atoms with Crippen molar-refractivity contribution < 1.29 is 14.5 Å². The zero-order chi connectivity index (χ0) is 19.6. The molecule has 138 valence electrons. The fourth-order valence-corrected chi connectivity index (χ4v) is 3.11. The zero-order valence-corrected chi connectivity index (χ0v) is 14.5. The molecule has 0 saturated heterocycles. The van der Waals surface area contributed by atoms with Crippen molar-refractivity contribution in [2.45, 2.75) is 19.4 Å². The number of nitriles is 1. The SMILES string of the molecule is COc1ccc2c(c1)CCCN2C(=O)Cn1cc([N+](=O)[O-])cc(C#N)c1=O. The average molecular weight is 368 g/mol. The van der Waals surface area contributed by atoms with Crippen molar-refractivity contribution in [1.29, 1.82) is 5.26 Å². The summed E-state index contributed by atoms with van der Waals surface area (Å²) in [4.78, 5) is 36.9. The zero-order valence-electron chi connectivity index (χ0n) is 14.5. The number of hydrogen-bond donors (Lipinski definition) is 0. The number of nitrogens with zero attached hydrogens (tertiary/aromatic N) is 4. The van der Waals surface area contributed by atoms with E-state index < -0.39 is 16.2 Å². The largest absolute Gasteiger partial charge is 0.497 e. The molecular formula is C18H16N4O5. The topological polar surface area (TPSA) is 118 Å². The number of rotatable bonds is 4. The maximum atomic E-state index is 12.8. The van der Waals surface area contributed by atoms with Gasteiger partial charge in [-0.25, -0.2) is 0 Å². The van der Waals surface area contributed by atoms with Crippen LogP contribution in [0.2, 0.25) is 0 Å². The van der Waals surface area contributed by atoms with Gasteiger partial charge in [0.25, 0.3) is 11.2 Å². The van der Waals surface area contributed by atoms with Crippen molar-refractivity contribution in [2.24, 2.45) is 0 Å². The third kappa shape index (κ3) is 3.50. The van der Waals surface area contributed by atoms with Crippen molar-refractivity contribution in [3.63, 3.8) is 0 Å². The van der Waals surface area contributed by atoms with E-state index in [1.807, 2.05) is 6.07 Å². The van der Waals surface area contributed by atoms with E-state index in [0.29, 0.717) is 12.3 Å². The highest BCUT2D eigenvalue weighted by molar-refractivity contribution is 5.94. The van der Waals surface area contributed by atoms with Crippen molar-refractivity contribution in [2.75, 3.05) is 18.6 Å². The second-order valence-electron chi connectivity index (χ2n) is 6.06. The Hall–Kier alpha value is -3.67. The molecule has 0 bridgehead atoms. The Morgan fingerprint density at radius 1 is 1.41 bits per heavy atom. The van der Waals surface area contributed by atoms with E-state index >= 15 is 0 Å². The summed E-state index contributed by atoms with van der Waals surface area (Å²) < 4.78 is 6.12. The molecule has 0 fully saturated rings. The van der Waals surface area contributed by atoms with Crippen molar-refractivity contribution in [3.05, 3.63) is 62.1 Å². The number of nitro groups is 1. The molecule has 0 aliphatic carbocycles. The molecule has 0 radical (unpaired) electrons. The highest BCUT2D eigenvalue weighted by Crippen LogP contribution is 2.30. The minimum atomic E-state index is -0.733. The number of pyridine rings is 1. The molecule has 0 N–H and O–H groups in total. The number of methoxy groups -OCH3 is 1. The lowest BCUT2D eigenvalue weighted by Gasteiger charge is -2.30. The number of carbonyl (C=O) groups is 1. The second-order valence-corrected chi connectivity index (χ2v) is 6.06. The van der Waals surface area contributed by atoms with Crippen LogP contribution in [0.4, 0.5) is 11.4 Å². The number of aromatic nitrogens is 1. The van der Waals surface area contributed by atoms with Crippen LogP contribution in [0.15, 0.2) is 35.3 Å². The Balaban J connectivity index is 1.94. The lowest BCUT2D eigenvalue weighted by Crippen LogP contribution is -2.39. The molecule has 2 aromatic rings. The maximum absolute atomic E-state index is 12.8. The number of benzene rings is 1. The van der Waals surface area contributed by atoms with Gasteiger partial charge >= 0.3 is 0 Å². The first-order valence-electron chi connectivity index (χ1n) is 8.21. The quantitative estimate of drug-likeness (QED) is 0.597. The van der Waals surface area contributed by atoms with E-state index in [1.165, 1.54) is 0 Å². The van der Waals surface area contributed by atoms with Crippen LogP contribution in [0.1, 0.15) is 17.5 Å². The molecule has 9 heteroatoms. The van der Waals surface area contributed by atoms with Gasteiger partial charge in [0.2, 0.25) is 5.91 Å². The fraction of sp³-hybridized carbons (Fsp3) is 0.278. The van der Waals surface area contributed by atoms with Crippen molar-refractivity contribution in [1.82, 2.24) is 4.57 Å². The molecule has 1 aliphatic rings. The van der Waals surface area contributed by atoms with Gasteiger partial charge in [0, 0.05) is 18.3 Å². The summed E-state index contributed by atoms with van der Waals surface area (Å²) in [6.07, 6.45) is 2.53. The summed E-state index contributed by atoms with van der Waals surface area (Å²) in [5.41, 5.74) is 0.163. The predicted molar refractivity (Wildman–Crippen MR) is 95.7 cm³/mol. The Morgan fingerprint density at radius 2 is 2.19 bits per heavy atom. The lowest BCUT2D eigenvalue weighted by atomic mass is 10.0.